The largest absolute Gasteiger partial charge is 0.331 e. The maximum atomic E-state index is 13.0. The maximum absolute atomic E-state index is 13.0. The molecular formula is C23H25N4OP. The van der Waals surface area contributed by atoms with Gasteiger partial charge in [-0.3, -0.25) is 4.79 Å². The monoisotopic (exact) mass is 404 g/mol. The molecule has 0 spiro atoms. The minimum Gasteiger partial charge on any atom is -0.331 e. The number of carbonyl (C=O) groups is 1. The van der Waals surface area contributed by atoms with Crippen molar-refractivity contribution in [2.75, 3.05) is 0 Å². The summed E-state index contributed by atoms with van der Waals surface area (Å²) >= 11 is 0. The first-order valence-electron chi connectivity index (χ1n) is 9.83. The van der Waals surface area contributed by atoms with E-state index in [1.54, 1.807) is 5.01 Å². The van der Waals surface area contributed by atoms with Crippen molar-refractivity contribution in [3.63, 3.8) is 0 Å². The number of aryl methyl sites for hydroxylation is 2. The molecule has 1 aromatic heterocycles. The fraction of sp³-hybridized carbons (Fsp3) is 0.261. The molecule has 3 aromatic rings. The number of para-hydroxylation sites is 2. The molecule has 0 saturated carbocycles. The standard InChI is InChI=1S/C23H25N4OP/c1-16-12-18(14-19(29)13-16)21-9-10-25-27(21)23(28)17(2)6-5-11-26-15-24-20-7-3-4-8-22(20)26/h3-4,7-8,10,12-15,21H,2,5-6,9,11,29H2,1H3. The van der Waals surface area contributed by atoms with Crippen molar-refractivity contribution in [3.05, 3.63) is 72.1 Å². The molecule has 1 aliphatic heterocycles. The van der Waals surface area contributed by atoms with Gasteiger partial charge in [0, 0.05) is 24.8 Å². The Kier molecular flexibility index (Phi) is 5.59. The number of aromatic nitrogens is 2. The van der Waals surface area contributed by atoms with E-state index in [2.05, 4.69) is 61.7 Å². The van der Waals surface area contributed by atoms with Gasteiger partial charge in [0.1, 0.15) is 0 Å². The number of hydrazone groups is 1. The molecule has 0 radical (unpaired) electrons. The fourth-order valence-corrected chi connectivity index (χ4v) is 4.30. The van der Waals surface area contributed by atoms with Crippen LogP contribution in [0.15, 0.2) is 66.0 Å². The third-order valence-electron chi connectivity index (χ3n) is 5.25. The predicted molar refractivity (Wildman–Crippen MR) is 121 cm³/mol. The first kappa shape index (κ1) is 19.5. The average molecular weight is 404 g/mol. The molecule has 0 bridgehead atoms. The SMILES string of the molecule is C=C(CCCn1cnc2ccccc21)C(=O)N1N=CCC1c1cc(C)cc(P)c1. The van der Waals surface area contributed by atoms with Crippen molar-refractivity contribution in [1.29, 1.82) is 0 Å². The van der Waals surface area contributed by atoms with Gasteiger partial charge in [0.15, 0.2) is 0 Å². The number of carbonyl (C=O) groups excluding carboxylic acids is 1. The Morgan fingerprint density at radius 1 is 1.28 bits per heavy atom. The van der Waals surface area contributed by atoms with Crippen LogP contribution in [-0.4, -0.2) is 26.7 Å². The highest BCUT2D eigenvalue weighted by Gasteiger charge is 2.29. The van der Waals surface area contributed by atoms with Gasteiger partial charge in [0.05, 0.1) is 23.4 Å². The lowest BCUT2D eigenvalue weighted by Crippen LogP contribution is -2.28. The number of imidazole rings is 1. The van der Waals surface area contributed by atoms with E-state index in [9.17, 15) is 4.79 Å². The zero-order valence-corrected chi connectivity index (χ0v) is 17.7. The minimum atomic E-state index is -0.0916. The van der Waals surface area contributed by atoms with Crippen LogP contribution in [0.2, 0.25) is 0 Å². The molecule has 0 fully saturated rings. The number of hydrogen-bond donors (Lipinski definition) is 0. The first-order chi connectivity index (χ1) is 14.0. The smallest absolute Gasteiger partial charge is 0.269 e. The molecule has 0 N–H and O–H groups in total. The molecule has 5 nitrogen and oxygen atoms in total. The van der Waals surface area contributed by atoms with Gasteiger partial charge in [-0.15, -0.1) is 9.24 Å². The van der Waals surface area contributed by atoms with Gasteiger partial charge >= 0.3 is 0 Å². The van der Waals surface area contributed by atoms with Crippen molar-refractivity contribution in [2.24, 2.45) is 5.10 Å². The van der Waals surface area contributed by atoms with Crippen LogP contribution in [0.4, 0.5) is 0 Å². The number of benzene rings is 2. The van der Waals surface area contributed by atoms with Gasteiger partial charge in [-0.25, -0.2) is 9.99 Å². The zero-order valence-electron chi connectivity index (χ0n) is 16.6. The molecule has 1 aliphatic rings. The molecule has 29 heavy (non-hydrogen) atoms. The van der Waals surface area contributed by atoms with E-state index >= 15 is 0 Å². The second kappa shape index (κ2) is 8.30. The molecule has 1 amide bonds. The van der Waals surface area contributed by atoms with Crippen molar-refractivity contribution >= 4 is 37.7 Å². The highest BCUT2D eigenvalue weighted by Crippen LogP contribution is 2.30. The number of amides is 1. The lowest BCUT2D eigenvalue weighted by molar-refractivity contribution is -0.129. The second-order valence-corrected chi connectivity index (χ2v) is 8.18. The first-order valence-corrected chi connectivity index (χ1v) is 10.4. The lowest BCUT2D eigenvalue weighted by atomic mass is 10.0. The summed E-state index contributed by atoms with van der Waals surface area (Å²) in [6, 6.07) is 14.3. The van der Waals surface area contributed by atoms with Crippen molar-refractivity contribution < 1.29 is 4.79 Å². The zero-order chi connectivity index (χ0) is 20.4. The van der Waals surface area contributed by atoms with Crippen LogP contribution in [0.25, 0.3) is 11.0 Å². The topological polar surface area (TPSA) is 50.5 Å². The van der Waals surface area contributed by atoms with E-state index in [0.29, 0.717) is 12.0 Å². The third kappa shape index (κ3) is 4.15. The van der Waals surface area contributed by atoms with E-state index in [4.69, 9.17) is 0 Å². The molecule has 2 aromatic carbocycles. The summed E-state index contributed by atoms with van der Waals surface area (Å²) in [4.78, 5) is 17.4. The van der Waals surface area contributed by atoms with E-state index < -0.39 is 0 Å². The molecule has 2 unspecified atom stereocenters. The van der Waals surface area contributed by atoms with Crippen LogP contribution in [0.1, 0.15) is 36.4 Å². The van der Waals surface area contributed by atoms with Gasteiger partial charge in [-0.2, -0.15) is 5.10 Å². The Hall–Kier alpha value is -2.78. The summed E-state index contributed by atoms with van der Waals surface area (Å²) in [5.74, 6) is -0.0916. The number of nitrogens with zero attached hydrogens (tertiary/aromatic N) is 4. The molecule has 148 valence electrons. The Morgan fingerprint density at radius 2 is 2.10 bits per heavy atom. The molecule has 2 heterocycles. The number of fused-ring (bicyclic) bond motifs is 1. The fourth-order valence-electron chi connectivity index (χ4n) is 3.84. The van der Waals surface area contributed by atoms with Crippen LogP contribution >= 0.6 is 9.24 Å². The maximum Gasteiger partial charge on any atom is 0.269 e. The van der Waals surface area contributed by atoms with Crippen LogP contribution < -0.4 is 5.30 Å². The highest BCUT2D eigenvalue weighted by atomic mass is 31.0. The van der Waals surface area contributed by atoms with Gasteiger partial charge in [-0.05, 0) is 48.8 Å². The van der Waals surface area contributed by atoms with Gasteiger partial charge in [0.25, 0.3) is 5.91 Å². The van der Waals surface area contributed by atoms with Crippen LogP contribution in [0, 0.1) is 6.92 Å². The van der Waals surface area contributed by atoms with Gasteiger partial charge < -0.3 is 4.57 Å². The van der Waals surface area contributed by atoms with Gasteiger partial charge in [-0.1, -0.05) is 36.4 Å². The molecule has 2 atom stereocenters. The van der Waals surface area contributed by atoms with Crippen molar-refractivity contribution in [1.82, 2.24) is 14.6 Å². The Labute approximate surface area is 173 Å². The third-order valence-corrected chi connectivity index (χ3v) is 5.59. The molecule has 6 heteroatoms. The van der Waals surface area contributed by atoms with E-state index in [0.717, 1.165) is 41.3 Å². The Morgan fingerprint density at radius 3 is 2.93 bits per heavy atom. The van der Waals surface area contributed by atoms with E-state index in [1.807, 2.05) is 30.7 Å². The quantitative estimate of drug-likeness (QED) is 0.458. The molecular weight excluding hydrogens is 379 g/mol. The molecule has 4 rings (SSSR count). The Bertz CT molecular complexity index is 1080. The van der Waals surface area contributed by atoms with E-state index in [1.165, 1.54) is 5.56 Å². The lowest BCUT2D eigenvalue weighted by Gasteiger charge is -2.24. The summed E-state index contributed by atoms with van der Waals surface area (Å²) in [5.41, 5.74) is 4.98. The summed E-state index contributed by atoms with van der Waals surface area (Å²) in [5, 5.41) is 7.06. The number of rotatable bonds is 6. The van der Waals surface area contributed by atoms with Crippen molar-refractivity contribution in [3.8, 4) is 0 Å². The Balaban J connectivity index is 1.39. The average Bonchev–Trinajstić information content (AvgIpc) is 3.34. The van der Waals surface area contributed by atoms with Gasteiger partial charge in [0.2, 0.25) is 0 Å². The predicted octanol–water partition coefficient (Wildman–Crippen LogP) is 4.14. The summed E-state index contributed by atoms with van der Waals surface area (Å²) < 4.78 is 2.12. The van der Waals surface area contributed by atoms with Crippen LogP contribution in [0.5, 0.6) is 0 Å². The minimum absolute atomic E-state index is 0.0592. The summed E-state index contributed by atoms with van der Waals surface area (Å²) in [6.07, 6.45) is 5.86. The normalized spacial score (nSPS) is 15.9. The van der Waals surface area contributed by atoms with Crippen LogP contribution in [-0.2, 0) is 11.3 Å². The summed E-state index contributed by atoms with van der Waals surface area (Å²) in [6.45, 7) is 6.92. The molecule has 0 saturated heterocycles. The van der Waals surface area contributed by atoms with Crippen molar-refractivity contribution in [2.45, 2.75) is 38.8 Å². The number of hydrogen-bond acceptors (Lipinski definition) is 3. The second-order valence-electron chi connectivity index (χ2n) is 7.51. The molecule has 0 aliphatic carbocycles. The van der Waals surface area contributed by atoms with E-state index in [-0.39, 0.29) is 11.9 Å². The summed E-state index contributed by atoms with van der Waals surface area (Å²) in [7, 11) is 2.73. The highest BCUT2D eigenvalue weighted by molar-refractivity contribution is 7.27. The van der Waals surface area contributed by atoms with Crippen LogP contribution in [0.3, 0.4) is 0 Å².